The lowest BCUT2D eigenvalue weighted by molar-refractivity contribution is 0.279. The molecule has 0 amide bonds. The summed E-state index contributed by atoms with van der Waals surface area (Å²) in [5, 5.41) is 9.11. The van der Waals surface area contributed by atoms with Crippen molar-refractivity contribution in [1.82, 2.24) is 0 Å². The Hall–Kier alpha value is -0.740. The van der Waals surface area contributed by atoms with Crippen molar-refractivity contribution in [3.8, 4) is 11.5 Å². The molecule has 0 fully saturated rings. The maximum atomic E-state index is 9.11. The second-order valence-electron chi connectivity index (χ2n) is 2.87. The Morgan fingerprint density at radius 3 is 2.29 bits per heavy atom. The lowest BCUT2D eigenvalue weighted by Gasteiger charge is -2.14. The molecule has 0 aliphatic carbocycles. The molecule has 1 aromatic rings. The predicted molar refractivity (Wildman–Crippen MR) is 57.9 cm³/mol. The van der Waals surface area contributed by atoms with Crippen LogP contribution in [0.5, 0.6) is 11.5 Å². The molecule has 0 atom stereocenters. The van der Waals surface area contributed by atoms with Crippen LogP contribution in [0.1, 0.15) is 11.1 Å². The average Bonchev–Trinajstić information content (AvgIpc) is 2.20. The quantitative estimate of drug-likeness (QED) is 0.907. The lowest BCUT2D eigenvalue weighted by atomic mass is 10.1. The zero-order chi connectivity index (χ0) is 10.7. The molecule has 0 saturated carbocycles. The van der Waals surface area contributed by atoms with Gasteiger partial charge in [-0.05, 0) is 34.5 Å². The molecule has 0 radical (unpaired) electrons. The molecule has 78 valence electrons. The zero-order valence-corrected chi connectivity index (χ0v) is 10.0. The Bertz CT molecular complexity index is 337. The van der Waals surface area contributed by atoms with Gasteiger partial charge in [-0.3, -0.25) is 0 Å². The van der Waals surface area contributed by atoms with Crippen molar-refractivity contribution in [3.63, 3.8) is 0 Å². The predicted octanol–water partition coefficient (Wildman–Crippen LogP) is 2.27. The fraction of sp³-hybridized carbons (Fsp3) is 0.400. The van der Waals surface area contributed by atoms with Gasteiger partial charge in [0, 0.05) is 5.56 Å². The van der Waals surface area contributed by atoms with Crippen molar-refractivity contribution in [2.45, 2.75) is 13.5 Å². The van der Waals surface area contributed by atoms with Crippen molar-refractivity contribution in [3.05, 3.63) is 21.7 Å². The first-order chi connectivity index (χ1) is 6.65. The molecule has 3 nitrogen and oxygen atoms in total. The monoisotopic (exact) mass is 260 g/mol. The molecular weight excluding hydrogens is 248 g/mol. The van der Waals surface area contributed by atoms with Gasteiger partial charge in [0.05, 0.1) is 25.3 Å². The Morgan fingerprint density at radius 2 is 1.86 bits per heavy atom. The van der Waals surface area contributed by atoms with Crippen molar-refractivity contribution < 1.29 is 14.6 Å². The van der Waals surface area contributed by atoms with Crippen molar-refractivity contribution in [1.29, 1.82) is 0 Å². The molecule has 4 heteroatoms. The highest BCUT2D eigenvalue weighted by molar-refractivity contribution is 9.10. The average molecular weight is 261 g/mol. The van der Waals surface area contributed by atoms with Crippen LogP contribution in [0.4, 0.5) is 0 Å². The van der Waals surface area contributed by atoms with E-state index in [1.165, 1.54) is 0 Å². The van der Waals surface area contributed by atoms with E-state index in [1.54, 1.807) is 14.2 Å². The van der Waals surface area contributed by atoms with Crippen LogP contribution in [0.25, 0.3) is 0 Å². The molecule has 0 bridgehead atoms. The number of ether oxygens (including phenoxy) is 2. The van der Waals surface area contributed by atoms with Gasteiger partial charge in [0.1, 0.15) is 0 Å². The highest BCUT2D eigenvalue weighted by Crippen LogP contribution is 2.39. The summed E-state index contributed by atoms with van der Waals surface area (Å²) in [6.07, 6.45) is 0. The number of halogens is 1. The fourth-order valence-corrected chi connectivity index (χ4v) is 1.97. The maximum Gasteiger partial charge on any atom is 0.175 e. The first kappa shape index (κ1) is 11.3. The van der Waals surface area contributed by atoms with Crippen LogP contribution in [-0.4, -0.2) is 19.3 Å². The Labute approximate surface area is 91.8 Å². The van der Waals surface area contributed by atoms with Gasteiger partial charge in [0.15, 0.2) is 11.5 Å². The number of hydrogen-bond donors (Lipinski definition) is 1. The second-order valence-corrected chi connectivity index (χ2v) is 3.72. The van der Waals surface area contributed by atoms with Crippen LogP contribution in [-0.2, 0) is 6.61 Å². The summed E-state index contributed by atoms with van der Waals surface area (Å²) in [4.78, 5) is 0. The Morgan fingerprint density at radius 1 is 1.29 bits per heavy atom. The highest BCUT2D eigenvalue weighted by Gasteiger charge is 2.14. The summed E-state index contributed by atoms with van der Waals surface area (Å²) in [6, 6.07) is 1.83. The summed E-state index contributed by atoms with van der Waals surface area (Å²) >= 11 is 3.36. The highest BCUT2D eigenvalue weighted by atomic mass is 79.9. The SMILES string of the molecule is COc1c(Br)cc(CO)c(C)c1OC. The van der Waals surface area contributed by atoms with E-state index in [4.69, 9.17) is 14.6 Å². The van der Waals surface area contributed by atoms with Crippen molar-refractivity contribution in [2.75, 3.05) is 14.2 Å². The summed E-state index contributed by atoms with van der Waals surface area (Å²) in [5.41, 5.74) is 1.73. The van der Waals surface area contributed by atoms with Crippen molar-refractivity contribution in [2.24, 2.45) is 0 Å². The van der Waals surface area contributed by atoms with Crippen LogP contribution in [0.3, 0.4) is 0 Å². The molecule has 1 aromatic carbocycles. The third-order valence-electron chi connectivity index (χ3n) is 2.12. The largest absolute Gasteiger partial charge is 0.493 e. The molecule has 1 rings (SSSR count). The van der Waals surface area contributed by atoms with E-state index >= 15 is 0 Å². The number of aliphatic hydroxyl groups is 1. The van der Waals surface area contributed by atoms with Gasteiger partial charge >= 0.3 is 0 Å². The normalized spacial score (nSPS) is 10.1. The smallest absolute Gasteiger partial charge is 0.175 e. The van der Waals surface area contributed by atoms with E-state index < -0.39 is 0 Å². The third-order valence-corrected chi connectivity index (χ3v) is 2.71. The first-order valence-corrected chi connectivity index (χ1v) is 4.95. The minimum Gasteiger partial charge on any atom is -0.493 e. The maximum absolute atomic E-state index is 9.11. The number of aliphatic hydroxyl groups excluding tert-OH is 1. The topological polar surface area (TPSA) is 38.7 Å². The number of benzene rings is 1. The standard InChI is InChI=1S/C10H13BrO3/c1-6-7(5-12)4-8(11)10(14-3)9(6)13-2/h4,12H,5H2,1-3H3. The second kappa shape index (κ2) is 4.66. The Balaban J connectivity index is 3.40. The van der Waals surface area contributed by atoms with E-state index in [-0.39, 0.29) is 6.61 Å². The summed E-state index contributed by atoms with van der Waals surface area (Å²) in [6.45, 7) is 1.88. The molecule has 0 heterocycles. The van der Waals surface area contributed by atoms with E-state index in [2.05, 4.69) is 15.9 Å². The molecule has 0 aromatic heterocycles. The molecule has 0 saturated heterocycles. The van der Waals surface area contributed by atoms with E-state index in [1.807, 2.05) is 13.0 Å². The number of methoxy groups -OCH3 is 2. The zero-order valence-electron chi connectivity index (χ0n) is 8.43. The summed E-state index contributed by atoms with van der Waals surface area (Å²) in [5.74, 6) is 1.31. The van der Waals surface area contributed by atoms with Crippen LogP contribution in [0, 0.1) is 6.92 Å². The third kappa shape index (κ3) is 1.86. The van der Waals surface area contributed by atoms with Crippen LogP contribution >= 0.6 is 15.9 Å². The van der Waals surface area contributed by atoms with E-state index in [9.17, 15) is 0 Å². The van der Waals surface area contributed by atoms with Crippen LogP contribution in [0.2, 0.25) is 0 Å². The lowest BCUT2D eigenvalue weighted by Crippen LogP contribution is -1.98. The molecular formula is C10H13BrO3. The van der Waals surface area contributed by atoms with Crippen molar-refractivity contribution >= 4 is 15.9 Å². The minimum atomic E-state index is -0.00914. The molecule has 0 spiro atoms. The van der Waals surface area contributed by atoms with Gasteiger partial charge in [0.2, 0.25) is 0 Å². The van der Waals surface area contributed by atoms with Gasteiger partial charge in [-0.25, -0.2) is 0 Å². The minimum absolute atomic E-state index is 0.00914. The Kier molecular flexibility index (Phi) is 3.77. The summed E-state index contributed by atoms with van der Waals surface area (Å²) < 4.78 is 11.2. The van der Waals surface area contributed by atoms with Crippen LogP contribution in [0.15, 0.2) is 10.5 Å². The molecule has 1 N–H and O–H groups in total. The fourth-order valence-electron chi connectivity index (χ4n) is 1.35. The van der Waals surface area contributed by atoms with Gasteiger partial charge in [-0.1, -0.05) is 0 Å². The van der Waals surface area contributed by atoms with Gasteiger partial charge in [-0.2, -0.15) is 0 Å². The molecule has 0 aliphatic heterocycles. The van der Waals surface area contributed by atoms with Crippen LogP contribution < -0.4 is 9.47 Å². The first-order valence-electron chi connectivity index (χ1n) is 4.16. The molecule has 0 unspecified atom stereocenters. The molecule has 14 heavy (non-hydrogen) atoms. The number of hydrogen-bond acceptors (Lipinski definition) is 3. The molecule has 0 aliphatic rings. The van der Waals surface area contributed by atoms with E-state index in [0.717, 1.165) is 15.6 Å². The van der Waals surface area contributed by atoms with Gasteiger partial charge in [0.25, 0.3) is 0 Å². The number of rotatable bonds is 3. The van der Waals surface area contributed by atoms with E-state index in [0.29, 0.717) is 11.5 Å². The van der Waals surface area contributed by atoms with Gasteiger partial charge in [-0.15, -0.1) is 0 Å². The van der Waals surface area contributed by atoms with Gasteiger partial charge < -0.3 is 14.6 Å². The summed E-state index contributed by atoms with van der Waals surface area (Å²) in [7, 11) is 3.17.